The number of methoxy groups -OCH3 is 1. The van der Waals surface area contributed by atoms with Crippen molar-refractivity contribution < 1.29 is 24.2 Å². The lowest BCUT2D eigenvalue weighted by Gasteiger charge is -2.30. The largest absolute Gasteiger partial charge is 0.477 e. The molecule has 1 fully saturated rings. The van der Waals surface area contributed by atoms with E-state index in [-0.39, 0.29) is 23.3 Å². The highest BCUT2D eigenvalue weighted by molar-refractivity contribution is 6.02. The smallest absolute Gasteiger partial charge is 0.354 e. The number of aromatic amines is 1. The van der Waals surface area contributed by atoms with E-state index in [0.29, 0.717) is 25.9 Å². The minimum absolute atomic E-state index is 0.103. The summed E-state index contributed by atoms with van der Waals surface area (Å²) < 4.78 is 4.67. The number of hydrogen-bond acceptors (Lipinski definition) is 5. The number of carboxylic acids is 1. The van der Waals surface area contributed by atoms with Gasteiger partial charge in [-0.25, -0.2) is 9.78 Å². The number of carboxylic acid groups (broad SMARTS) is 1. The van der Waals surface area contributed by atoms with Crippen molar-refractivity contribution in [2.24, 2.45) is 5.92 Å². The molecule has 20 heavy (non-hydrogen) atoms. The fourth-order valence-corrected chi connectivity index (χ4v) is 2.25. The highest BCUT2D eigenvalue weighted by Gasteiger charge is 2.31. The number of rotatable bonds is 3. The molecule has 0 saturated carbocycles. The van der Waals surface area contributed by atoms with Crippen LogP contribution in [0.15, 0.2) is 6.33 Å². The molecular weight excluding hydrogens is 266 g/mol. The van der Waals surface area contributed by atoms with Crippen LogP contribution >= 0.6 is 0 Å². The van der Waals surface area contributed by atoms with Gasteiger partial charge in [0.05, 0.1) is 19.4 Å². The number of amides is 1. The summed E-state index contributed by atoms with van der Waals surface area (Å²) in [6.45, 7) is 0.759. The van der Waals surface area contributed by atoms with E-state index in [0.717, 1.165) is 0 Å². The quantitative estimate of drug-likeness (QED) is 0.762. The van der Waals surface area contributed by atoms with Crippen molar-refractivity contribution in [2.75, 3.05) is 20.2 Å². The fourth-order valence-electron chi connectivity index (χ4n) is 2.25. The molecule has 0 atom stereocenters. The Kier molecular flexibility index (Phi) is 4.02. The van der Waals surface area contributed by atoms with Gasteiger partial charge in [0.1, 0.15) is 0 Å². The van der Waals surface area contributed by atoms with Crippen molar-refractivity contribution in [1.82, 2.24) is 14.9 Å². The molecule has 8 heteroatoms. The van der Waals surface area contributed by atoms with Crippen molar-refractivity contribution in [2.45, 2.75) is 12.8 Å². The number of aromatic carboxylic acids is 1. The summed E-state index contributed by atoms with van der Waals surface area (Å²) in [5.41, 5.74) is -0.320. The molecular formula is C12H15N3O5. The first kappa shape index (κ1) is 14.0. The first-order valence-corrected chi connectivity index (χ1v) is 6.18. The molecule has 1 aliphatic rings. The molecule has 0 aromatic carbocycles. The van der Waals surface area contributed by atoms with Gasteiger partial charge in [0.2, 0.25) is 0 Å². The van der Waals surface area contributed by atoms with E-state index in [1.54, 1.807) is 0 Å². The Hall–Kier alpha value is -2.38. The zero-order chi connectivity index (χ0) is 14.7. The molecule has 1 aromatic heterocycles. The van der Waals surface area contributed by atoms with Crippen LogP contribution < -0.4 is 0 Å². The average molecular weight is 281 g/mol. The second-order valence-corrected chi connectivity index (χ2v) is 4.52. The Balaban J connectivity index is 2.03. The molecule has 0 radical (unpaired) electrons. The Morgan fingerprint density at radius 2 is 2.05 bits per heavy atom. The molecule has 0 spiro atoms. The van der Waals surface area contributed by atoms with Gasteiger partial charge in [0.15, 0.2) is 11.4 Å². The highest BCUT2D eigenvalue weighted by atomic mass is 16.5. The number of nitrogens with zero attached hydrogens (tertiary/aromatic N) is 2. The SMILES string of the molecule is COC(=O)C1CCN(C(=O)c2nc[nH]c2C(=O)O)CC1. The predicted octanol–water partition coefficient (Wildman–Crippen LogP) is 0.133. The number of aromatic nitrogens is 2. The van der Waals surface area contributed by atoms with Crippen LogP contribution in [0.1, 0.15) is 33.8 Å². The fraction of sp³-hybridized carbons (Fsp3) is 0.500. The number of hydrogen-bond donors (Lipinski definition) is 2. The zero-order valence-corrected chi connectivity index (χ0v) is 11.0. The van der Waals surface area contributed by atoms with Crippen molar-refractivity contribution >= 4 is 17.8 Å². The van der Waals surface area contributed by atoms with Crippen molar-refractivity contribution in [3.8, 4) is 0 Å². The van der Waals surface area contributed by atoms with Crippen molar-refractivity contribution in [3.05, 3.63) is 17.7 Å². The molecule has 2 rings (SSSR count). The van der Waals surface area contributed by atoms with E-state index in [9.17, 15) is 14.4 Å². The molecule has 1 aromatic rings. The molecule has 108 valence electrons. The summed E-state index contributed by atoms with van der Waals surface area (Å²) in [4.78, 5) is 42.2. The maximum absolute atomic E-state index is 12.2. The third kappa shape index (κ3) is 2.63. The maximum atomic E-state index is 12.2. The summed E-state index contributed by atoms with van der Waals surface area (Å²) >= 11 is 0. The summed E-state index contributed by atoms with van der Waals surface area (Å²) in [7, 11) is 1.34. The molecule has 0 aliphatic carbocycles. The number of carbonyl (C=O) groups excluding carboxylic acids is 2. The Bertz CT molecular complexity index is 531. The topological polar surface area (TPSA) is 113 Å². The van der Waals surface area contributed by atoms with E-state index >= 15 is 0 Å². The van der Waals surface area contributed by atoms with Gasteiger partial charge in [-0.2, -0.15) is 0 Å². The van der Waals surface area contributed by atoms with Gasteiger partial charge in [0, 0.05) is 13.1 Å². The number of piperidine rings is 1. The predicted molar refractivity (Wildman–Crippen MR) is 66.2 cm³/mol. The Labute approximate surface area is 114 Å². The van der Waals surface area contributed by atoms with Crippen LogP contribution in [0, 0.1) is 5.92 Å². The highest BCUT2D eigenvalue weighted by Crippen LogP contribution is 2.20. The number of H-pyrrole nitrogens is 1. The number of nitrogens with one attached hydrogen (secondary N) is 1. The molecule has 1 amide bonds. The van der Waals surface area contributed by atoms with Gasteiger partial charge < -0.3 is 19.7 Å². The lowest BCUT2D eigenvalue weighted by molar-refractivity contribution is -0.146. The Morgan fingerprint density at radius 1 is 1.40 bits per heavy atom. The van der Waals surface area contributed by atoms with Gasteiger partial charge in [-0.1, -0.05) is 0 Å². The first-order valence-electron chi connectivity index (χ1n) is 6.18. The van der Waals surface area contributed by atoms with Crippen LogP contribution in [-0.4, -0.2) is 58.0 Å². The van der Waals surface area contributed by atoms with Gasteiger partial charge in [-0.15, -0.1) is 0 Å². The van der Waals surface area contributed by atoms with Gasteiger partial charge in [-0.05, 0) is 12.8 Å². The third-order valence-corrected chi connectivity index (χ3v) is 3.37. The van der Waals surface area contributed by atoms with Crippen LogP contribution in [0.5, 0.6) is 0 Å². The minimum Gasteiger partial charge on any atom is -0.477 e. The monoisotopic (exact) mass is 281 g/mol. The molecule has 2 heterocycles. The average Bonchev–Trinajstić information content (AvgIpc) is 2.95. The van der Waals surface area contributed by atoms with Crippen LogP contribution in [0.2, 0.25) is 0 Å². The number of likely N-dealkylation sites (tertiary alicyclic amines) is 1. The van der Waals surface area contributed by atoms with E-state index in [1.165, 1.54) is 18.3 Å². The maximum Gasteiger partial charge on any atom is 0.354 e. The summed E-state index contributed by atoms with van der Waals surface area (Å²) in [5.74, 6) is -2.15. The number of carbonyl (C=O) groups is 3. The van der Waals surface area contributed by atoms with Crippen LogP contribution in [0.25, 0.3) is 0 Å². The van der Waals surface area contributed by atoms with E-state index in [4.69, 9.17) is 5.11 Å². The van der Waals surface area contributed by atoms with Crippen molar-refractivity contribution in [1.29, 1.82) is 0 Å². The number of ether oxygens (including phenoxy) is 1. The second-order valence-electron chi connectivity index (χ2n) is 4.52. The lowest BCUT2D eigenvalue weighted by Crippen LogP contribution is -2.41. The molecule has 2 N–H and O–H groups in total. The van der Waals surface area contributed by atoms with E-state index < -0.39 is 11.9 Å². The van der Waals surface area contributed by atoms with Gasteiger partial charge in [0.25, 0.3) is 5.91 Å². The van der Waals surface area contributed by atoms with E-state index in [1.807, 2.05) is 0 Å². The molecule has 8 nitrogen and oxygen atoms in total. The van der Waals surface area contributed by atoms with E-state index in [2.05, 4.69) is 14.7 Å². The summed E-state index contributed by atoms with van der Waals surface area (Å²) in [5, 5.41) is 8.95. The summed E-state index contributed by atoms with van der Waals surface area (Å²) in [6, 6.07) is 0. The normalized spacial score (nSPS) is 15.9. The Morgan fingerprint density at radius 3 is 2.60 bits per heavy atom. The van der Waals surface area contributed by atoms with Crippen LogP contribution in [0.4, 0.5) is 0 Å². The number of esters is 1. The zero-order valence-electron chi connectivity index (χ0n) is 11.0. The van der Waals surface area contributed by atoms with Crippen LogP contribution in [0.3, 0.4) is 0 Å². The number of imidazole rings is 1. The minimum atomic E-state index is -1.23. The lowest BCUT2D eigenvalue weighted by atomic mass is 9.97. The third-order valence-electron chi connectivity index (χ3n) is 3.37. The standard InChI is InChI=1S/C12H15N3O5/c1-20-12(19)7-2-4-15(5-3-7)10(16)8-9(11(17)18)14-6-13-8/h6-7H,2-5H2,1H3,(H,13,14)(H,17,18). The van der Waals surface area contributed by atoms with Crippen LogP contribution in [-0.2, 0) is 9.53 Å². The summed E-state index contributed by atoms with van der Waals surface area (Å²) in [6.07, 6.45) is 2.19. The first-order chi connectivity index (χ1) is 9.54. The molecule has 0 bridgehead atoms. The van der Waals surface area contributed by atoms with Gasteiger partial charge >= 0.3 is 11.9 Å². The molecule has 0 unspecified atom stereocenters. The molecule has 1 aliphatic heterocycles. The second kappa shape index (κ2) is 5.72. The molecule has 1 saturated heterocycles. The van der Waals surface area contributed by atoms with Crippen molar-refractivity contribution in [3.63, 3.8) is 0 Å². The van der Waals surface area contributed by atoms with Gasteiger partial charge in [-0.3, -0.25) is 9.59 Å².